The number of halogens is 5. The lowest BCUT2D eigenvalue weighted by atomic mass is 10.3. The standard InChI is InChI=1S/C7H12BrNS.4BFH2O2/c1-4-9-5(2)6(3)10-7(9)8;4*2-1(3)4/h7H,4H2,1-3H3;4*3-4H. The summed E-state index contributed by atoms with van der Waals surface area (Å²) < 4.78 is 40.9. The Balaban J connectivity index is -0.000000129. The van der Waals surface area contributed by atoms with Gasteiger partial charge in [0.2, 0.25) is 0 Å². The molecule has 154 valence electrons. The van der Waals surface area contributed by atoms with Gasteiger partial charge < -0.3 is 45.1 Å². The SMILES string of the molecule is CCN1C(C)=C(C)SC1Br.OB(O)F.OB(O)F.OB(O)F.OB(O)F. The van der Waals surface area contributed by atoms with Crippen molar-refractivity contribution in [2.45, 2.75) is 25.1 Å². The maximum atomic E-state index is 10.1. The molecule has 0 saturated carbocycles. The predicted octanol–water partition coefficient (Wildman–Crippen LogP) is -1.31. The van der Waals surface area contributed by atoms with Crippen molar-refractivity contribution in [3.63, 3.8) is 0 Å². The molecule has 1 heterocycles. The van der Waals surface area contributed by atoms with Gasteiger partial charge in [-0.25, -0.2) is 0 Å². The van der Waals surface area contributed by atoms with Crippen LogP contribution in [0.4, 0.5) is 17.3 Å². The van der Waals surface area contributed by atoms with Crippen molar-refractivity contribution < 1.29 is 57.5 Å². The van der Waals surface area contributed by atoms with Crippen LogP contribution in [0.15, 0.2) is 10.6 Å². The predicted molar refractivity (Wildman–Crippen MR) is 96.3 cm³/mol. The molecule has 0 radical (unpaired) electrons. The second kappa shape index (κ2) is 21.3. The number of thioether (sulfide) groups is 1. The van der Waals surface area contributed by atoms with E-state index in [1.54, 1.807) is 0 Å². The van der Waals surface area contributed by atoms with Gasteiger partial charge in [0, 0.05) is 17.1 Å². The minimum Gasteiger partial charge on any atom is -0.398 e. The van der Waals surface area contributed by atoms with Gasteiger partial charge in [-0.05, 0) is 20.8 Å². The van der Waals surface area contributed by atoms with Crippen LogP contribution in [0.3, 0.4) is 0 Å². The number of allylic oxidation sites excluding steroid dienone is 2. The van der Waals surface area contributed by atoms with Crippen molar-refractivity contribution in [3.05, 3.63) is 10.6 Å². The lowest BCUT2D eigenvalue weighted by Crippen LogP contribution is -2.22. The first-order chi connectivity index (χ1) is 11.6. The summed E-state index contributed by atoms with van der Waals surface area (Å²) in [6.45, 7) is 7.61. The second-order valence-electron chi connectivity index (χ2n) is 3.58. The maximum absolute atomic E-state index is 10.1. The van der Waals surface area contributed by atoms with Gasteiger partial charge in [0.05, 0.1) is 0 Å². The van der Waals surface area contributed by atoms with Gasteiger partial charge in [-0.2, -0.15) is 0 Å². The zero-order chi connectivity index (χ0) is 22.0. The van der Waals surface area contributed by atoms with Crippen LogP contribution in [0.25, 0.3) is 0 Å². The van der Waals surface area contributed by atoms with E-state index in [9.17, 15) is 17.3 Å². The normalized spacial score (nSPS) is 14.3. The summed E-state index contributed by atoms with van der Waals surface area (Å²) in [5.41, 5.74) is 1.41. The fourth-order valence-corrected chi connectivity index (χ4v) is 3.48. The Morgan fingerprint density at radius 1 is 0.846 bits per heavy atom. The highest BCUT2D eigenvalue weighted by molar-refractivity contribution is 9.11. The van der Waals surface area contributed by atoms with E-state index in [0.717, 1.165) is 6.54 Å². The zero-order valence-corrected chi connectivity index (χ0v) is 16.3. The van der Waals surface area contributed by atoms with E-state index in [1.165, 1.54) is 10.6 Å². The first-order valence-corrected chi connectivity index (χ1v) is 8.15. The Labute approximate surface area is 162 Å². The largest absolute Gasteiger partial charge is 0.674 e. The summed E-state index contributed by atoms with van der Waals surface area (Å²) >= 11 is 5.48. The van der Waals surface area contributed by atoms with Gasteiger partial charge in [0.1, 0.15) is 4.28 Å². The van der Waals surface area contributed by atoms with Crippen LogP contribution in [0.2, 0.25) is 0 Å². The van der Waals surface area contributed by atoms with Crippen LogP contribution in [0, 0.1) is 0 Å². The quantitative estimate of drug-likeness (QED) is 0.0984. The van der Waals surface area contributed by atoms with Gasteiger partial charge in [0.25, 0.3) is 0 Å². The Morgan fingerprint density at radius 3 is 1.15 bits per heavy atom. The number of hydrogen-bond acceptors (Lipinski definition) is 10. The number of nitrogens with zero attached hydrogens (tertiary/aromatic N) is 1. The van der Waals surface area contributed by atoms with Crippen molar-refractivity contribution in [1.29, 1.82) is 0 Å². The smallest absolute Gasteiger partial charge is 0.398 e. The average Bonchev–Trinajstić information content (AvgIpc) is 2.59. The molecule has 1 rings (SSSR count). The first-order valence-electron chi connectivity index (χ1n) is 6.35. The van der Waals surface area contributed by atoms with E-state index in [1.807, 2.05) is 11.8 Å². The van der Waals surface area contributed by atoms with Crippen LogP contribution < -0.4 is 0 Å². The lowest BCUT2D eigenvalue weighted by Gasteiger charge is -2.20. The van der Waals surface area contributed by atoms with Gasteiger partial charge in [-0.3, -0.25) is 17.3 Å². The minimum atomic E-state index is -2.67. The van der Waals surface area contributed by atoms with E-state index < -0.39 is 29.6 Å². The van der Waals surface area contributed by atoms with E-state index in [-0.39, 0.29) is 0 Å². The summed E-state index contributed by atoms with van der Waals surface area (Å²) in [6.07, 6.45) is 0. The summed E-state index contributed by atoms with van der Waals surface area (Å²) in [6, 6.07) is 0. The average molecular weight is 477 g/mol. The molecule has 1 unspecified atom stereocenters. The zero-order valence-electron chi connectivity index (χ0n) is 13.9. The Morgan fingerprint density at radius 2 is 1.08 bits per heavy atom. The Kier molecular flexibility index (Phi) is 27.6. The van der Waals surface area contributed by atoms with Gasteiger partial charge in [-0.15, -0.1) is 0 Å². The molecule has 0 aromatic rings. The Bertz CT molecular complexity index is 319. The molecule has 0 aromatic heterocycles. The Hall–Kier alpha value is 0.0297. The van der Waals surface area contributed by atoms with Crippen LogP contribution in [0.1, 0.15) is 20.8 Å². The molecule has 0 amide bonds. The monoisotopic (exact) mass is 477 g/mol. The van der Waals surface area contributed by atoms with E-state index >= 15 is 0 Å². The molecule has 0 aliphatic carbocycles. The molecule has 26 heavy (non-hydrogen) atoms. The highest BCUT2D eigenvalue weighted by atomic mass is 79.9. The van der Waals surface area contributed by atoms with E-state index in [2.05, 4.69) is 41.6 Å². The summed E-state index contributed by atoms with van der Waals surface area (Å²) in [5.74, 6) is 0. The second-order valence-corrected chi connectivity index (χ2v) is 6.35. The topological polar surface area (TPSA) is 165 Å². The molecule has 0 bridgehead atoms. The third kappa shape index (κ3) is 39.2. The molecule has 0 spiro atoms. The van der Waals surface area contributed by atoms with Crippen LogP contribution >= 0.6 is 27.7 Å². The molecule has 1 aliphatic heterocycles. The molecule has 8 N–H and O–H groups in total. The molecule has 0 aromatic carbocycles. The number of hydrogen-bond donors (Lipinski definition) is 8. The highest BCUT2D eigenvalue weighted by Gasteiger charge is 2.23. The lowest BCUT2D eigenvalue weighted by molar-refractivity contribution is 0.338. The number of alkyl halides is 1. The molecule has 0 saturated heterocycles. The summed E-state index contributed by atoms with van der Waals surface area (Å²) in [5, 5.41) is 55.6. The fraction of sp³-hybridized carbons (Fsp3) is 0.714. The van der Waals surface area contributed by atoms with Crippen molar-refractivity contribution in [1.82, 2.24) is 4.90 Å². The third-order valence-electron chi connectivity index (χ3n) is 1.80. The van der Waals surface area contributed by atoms with Crippen molar-refractivity contribution >= 4 is 57.3 Å². The molecule has 19 heteroatoms. The van der Waals surface area contributed by atoms with Crippen molar-refractivity contribution in [2.75, 3.05) is 6.54 Å². The first kappa shape index (κ1) is 33.6. The van der Waals surface area contributed by atoms with Gasteiger partial charge in [-0.1, -0.05) is 27.7 Å². The molecular formula is C7H20B4BrF4NO8S. The minimum absolute atomic E-state index is 0.470. The molecule has 1 aliphatic rings. The third-order valence-corrected chi connectivity index (χ3v) is 3.95. The summed E-state index contributed by atoms with van der Waals surface area (Å²) in [4.78, 5) is 3.78. The van der Waals surface area contributed by atoms with E-state index in [4.69, 9.17) is 40.2 Å². The molecule has 9 nitrogen and oxygen atoms in total. The highest BCUT2D eigenvalue weighted by Crippen LogP contribution is 2.39. The van der Waals surface area contributed by atoms with Crippen molar-refractivity contribution in [2.24, 2.45) is 0 Å². The van der Waals surface area contributed by atoms with Gasteiger partial charge in [0.15, 0.2) is 0 Å². The molecule has 1 atom stereocenters. The van der Waals surface area contributed by atoms with Crippen molar-refractivity contribution in [3.8, 4) is 0 Å². The van der Waals surface area contributed by atoms with Crippen LogP contribution in [-0.2, 0) is 0 Å². The maximum Gasteiger partial charge on any atom is 0.674 e. The molecule has 0 fully saturated rings. The van der Waals surface area contributed by atoms with Crippen LogP contribution in [-0.4, -0.2) is 85.5 Å². The van der Waals surface area contributed by atoms with Crippen LogP contribution in [0.5, 0.6) is 0 Å². The van der Waals surface area contributed by atoms with E-state index in [0.29, 0.717) is 4.28 Å². The summed E-state index contributed by atoms with van der Waals surface area (Å²) in [7, 11) is -10.7. The number of rotatable bonds is 1. The molecular weight excluding hydrogens is 457 g/mol. The van der Waals surface area contributed by atoms with Gasteiger partial charge >= 0.3 is 29.6 Å². The fourth-order valence-electron chi connectivity index (χ4n) is 1.03.